The van der Waals surface area contributed by atoms with E-state index in [1.54, 1.807) is 12.1 Å². The number of imide groups is 1. The van der Waals surface area contributed by atoms with Crippen LogP contribution in [0.1, 0.15) is 18.4 Å². The van der Waals surface area contributed by atoms with E-state index in [0.717, 1.165) is 25.1 Å². The topological polar surface area (TPSA) is 40.6 Å². The number of para-hydroxylation sites is 1. The van der Waals surface area contributed by atoms with Gasteiger partial charge in [0.15, 0.2) is 0 Å². The van der Waals surface area contributed by atoms with Gasteiger partial charge in [0, 0.05) is 23.9 Å². The van der Waals surface area contributed by atoms with Gasteiger partial charge in [-0.3, -0.25) is 9.59 Å². The molecular formula is C21H20N2O2. The number of hydrogen-bond donors (Lipinski definition) is 0. The van der Waals surface area contributed by atoms with Gasteiger partial charge < -0.3 is 4.90 Å². The molecule has 4 nitrogen and oxygen atoms in total. The zero-order valence-corrected chi connectivity index (χ0v) is 14.2. The summed E-state index contributed by atoms with van der Waals surface area (Å²) in [5.41, 5.74) is 3.55. The molecular weight excluding hydrogens is 312 g/mol. The van der Waals surface area contributed by atoms with Crippen molar-refractivity contribution in [3.8, 4) is 0 Å². The summed E-state index contributed by atoms with van der Waals surface area (Å²) in [6, 6.07) is 17.4. The standard InChI is InChI=1S/C21H20N2O2/c1-15-9-11-16(12-10-15)22-13-5-8-19(22)18-14-20(24)23(21(18)25)17-6-3-2-4-7-17/h2-4,6-7,9-12,14,19H,5,8,13H2,1H3. The van der Waals surface area contributed by atoms with Crippen LogP contribution in [0.3, 0.4) is 0 Å². The lowest BCUT2D eigenvalue weighted by Gasteiger charge is -2.27. The number of anilines is 2. The quantitative estimate of drug-likeness (QED) is 0.808. The molecule has 1 unspecified atom stereocenters. The Morgan fingerprint density at radius 1 is 0.920 bits per heavy atom. The van der Waals surface area contributed by atoms with Gasteiger partial charge in [-0.15, -0.1) is 0 Å². The highest BCUT2D eigenvalue weighted by molar-refractivity contribution is 6.31. The van der Waals surface area contributed by atoms with Gasteiger partial charge in [-0.2, -0.15) is 0 Å². The molecule has 0 saturated carbocycles. The highest BCUT2D eigenvalue weighted by Crippen LogP contribution is 2.34. The fraction of sp³-hybridized carbons (Fsp3) is 0.238. The first-order chi connectivity index (χ1) is 12.1. The summed E-state index contributed by atoms with van der Waals surface area (Å²) in [5, 5.41) is 0. The molecule has 4 heteroatoms. The summed E-state index contributed by atoms with van der Waals surface area (Å²) in [6.07, 6.45) is 3.43. The van der Waals surface area contributed by atoms with Crippen molar-refractivity contribution >= 4 is 23.2 Å². The Kier molecular flexibility index (Phi) is 3.88. The maximum Gasteiger partial charge on any atom is 0.263 e. The average molecular weight is 332 g/mol. The smallest absolute Gasteiger partial charge is 0.263 e. The van der Waals surface area contributed by atoms with Gasteiger partial charge in [0.1, 0.15) is 0 Å². The van der Waals surface area contributed by atoms with Crippen molar-refractivity contribution in [2.75, 3.05) is 16.3 Å². The average Bonchev–Trinajstić information content (AvgIpc) is 3.21. The second kappa shape index (κ2) is 6.20. The molecule has 0 bridgehead atoms. The van der Waals surface area contributed by atoms with E-state index >= 15 is 0 Å². The minimum Gasteiger partial charge on any atom is -0.364 e. The van der Waals surface area contributed by atoms with Gasteiger partial charge in [0.2, 0.25) is 0 Å². The van der Waals surface area contributed by atoms with E-state index < -0.39 is 0 Å². The summed E-state index contributed by atoms with van der Waals surface area (Å²) < 4.78 is 0. The van der Waals surface area contributed by atoms with Crippen LogP contribution in [0, 0.1) is 6.92 Å². The lowest BCUT2D eigenvalue weighted by Crippen LogP contribution is -2.37. The molecule has 1 atom stereocenters. The summed E-state index contributed by atoms with van der Waals surface area (Å²) in [5.74, 6) is -0.442. The molecule has 0 spiro atoms. The van der Waals surface area contributed by atoms with Crippen LogP contribution in [-0.2, 0) is 9.59 Å². The summed E-state index contributed by atoms with van der Waals surface area (Å²) in [7, 11) is 0. The first-order valence-corrected chi connectivity index (χ1v) is 8.63. The molecule has 2 heterocycles. The lowest BCUT2D eigenvalue weighted by atomic mass is 10.0. The van der Waals surface area contributed by atoms with Gasteiger partial charge in [0.25, 0.3) is 11.8 Å². The SMILES string of the molecule is Cc1ccc(N2CCCC2C2=CC(=O)N(c3ccccc3)C2=O)cc1. The predicted molar refractivity (Wildman–Crippen MR) is 98.6 cm³/mol. The number of nitrogens with zero attached hydrogens (tertiary/aromatic N) is 2. The molecule has 0 aromatic heterocycles. The van der Waals surface area contributed by atoms with Crippen LogP contribution in [0.4, 0.5) is 11.4 Å². The molecule has 2 aromatic rings. The number of hydrogen-bond acceptors (Lipinski definition) is 3. The summed E-state index contributed by atoms with van der Waals surface area (Å²) >= 11 is 0. The number of aryl methyl sites for hydroxylation is 1. The highest BCUT2D eigenvalue weighted by Gasteiger charge is 2.40. The predicted octanol–water partition coefficient (Wildman–Crippen LogP) is 3.46. The van der Waals surface area contributed by atoms with E-state index in [0.29, 0.717) is 11.3 Å². The number of amides is 2. The fourth-order valence-electron chi connectivity index (χ4n) is 3.68. The molecule has 1 fully saturated rings. The Bertz CT molecular complexity index is 840. The van der Waals surface area contributed by atoms with Crippen LogP contribution in [-0.4, -0.2) is 24.4 Å². The monoisotopic (exact) mass is 332 g/mol. The van der Waals surface area contributed by atoms with Gasteiger partial charge in [0.05, 0.1) is 11.7 Å². The number of rotatable bonds is 3. The van der Waals surface area contributed by atoms with Crippen molar-refractivity contribution in [3.63, 3.8) is 0 Å². The van der Waals surface area contributed by atoms with E-state index in [2.05, 4.69) is 36.1 Å². The van der Waals surface area contributed by atoms with Gasteiger partial charge in [-0.05, 0) is 44.0 Å². The van der Waals surface area contributed by atoms with E-state index in [-0.39, 0.29) is 17.9 Å². The molecule has 0 N–H and O–H groups in total. The minimum absolute atomic E-state index is 0.0344. The molecule has 2 amide bonds. The normalized spacial score (nSPS) is 20.4. The third-order valence-corrected chi connectivity index (χ3v) is 4.94. The Morgan fingerprint density at radius 3 is 2.36 bits per heavy atom. The van der Waals surface area contributed by atoms with Crippen LogP contribution in [0.5, 0.6) is 0 Å². The van der Waals surface area contributed by atoms with Gasteiger partial charge in [-0.25, -0.2) is 4.90 Å². The summed E-state index contributed by atoms with van der Waals surface area (Å²) in [6.45, 7) is 2.96. The highest BCUT2D eigenvalue weighted by atomic mass is 16.2. The Labute approximate surface area is 147 Å². The van der Waals surface area contributed by atoms with E-state index in [4.69, 9.17) is 0 Å². The van der Waals surface area contributed by atoms with Crippen molar-refractivity contribution < 1.29 is 9.59 Å². The molecule has 126 valence electrons. The molecule has 0 aliphatic carbocycles. The van der Waals surface area contributed by atoms with E-state index in [1.165, 1.54) is 16.5 Å². The molecule has 4 rings (SSSR count). The van der Waals surface area contributed by atoms with Crippen LogP contribution >= 0.6 is 0 Å². The van der Waals surface area contributed by atoms with Gasteiger partial charge >= 0.3 is 0 Å². The summed E-state index contributed by atoms with van der Waals surface area (Å²) in [4.78, 5) is 28.9. The first kappa shape index (κ1) is 15.6. The zero-order chi connectivity index (χ0) is 17.4. The Morgan fingerprint density at radius 2 is 1.64 bits per heavy atom. The van der Waals surface area contributed by atoms with Crippen molar-refractivity contribution in [1.82, 2.24) is 0 Å². The number of benzene rings is 2. The molecule has 2 aliphatic heterocycles. The third kappa shape index (κ3) is 2.74. The first-order valence-electron chi connectivity index (χ1n) is 8.63. The minimum atomic E-state index is -0.248. The lowest BCUT2D eigenvalue weighted by molar-refractivity contribution is -0.120. The molecule has 2 aromatic carbocycles. The van der Waals surface area contributed by atoms with Crippen molar-refractivity contribution in [3.05, 3.63) is 71.8 Å². The maximum atomic E-state index is 12.9. The van der Waals surface area contributed by atoms with Crippen LogP contribution < -0.4 is 9.80 Å². The van der Waals surface area contributed by atoms with Crippen molar-refractivity contribution in [2.45, 2.75) is 25.8 Å². The third-order valence-electron chi connectivity index (χ3n) is 4.94. The molecule has 1 saturated heterocycles. The van der Waals surface area contributed by atoms with E-state index in [1.807, 2.05) is 18.2 Å². The van der Waals surface area contributed by atoms with Crippen molar-refractivity contribution in [2.24, 2.45) is 0 Å². The largest absolute Gasteiger partial charge is 0.364 e. The number of carbonyl (C=O) groups excluding carboxylic acids is 2. The Hall–Kier alpha value is -2.88. The Balaban J connectivity index is 1.63. The van der Waals surface area contributed by atoms with Crippen LogP contribution in [0.15, 0.2) is 66.2 Å². The van der Waals surface area contributed by atoms with Crippen LogP contribution in [0.2, 0.25) is 0 Å². The second-order valence-corrected chi connectivity index (χ2v) is 6.60. The fourth-order valence-corrected chi connectivity index (χ4v) is 3.68. The molecule has 25 heavy (non-hydrogen) atoms. The van der Waals surface area contributed by atoms with E-state index in [9.17, 15) is 9.59 Å². The number of carbonyl (C=O) groups is 2. The second-order valence-electron chi connectivity index (χ2n) is 6.60. The van der Waals surface area contributed by atoms with Crippen molar-refractivity contribution in [1.29, 1.82) is 0 Å². The van der Waals surface area contributed by atoms with Crippen LogP contribution in [0.25, 0.3) is 0 Å². The van der Waals surface area contributed by atoms with Gasteiger partial charge in [-0.1, -0.05) is 35.9 Å². The molecule has 0 radical (unpaired) electrons. The zero-order valence-electron chi connectivity index (χ0n) is 14.2. The maximum absolute atomic E-state index is 12.9. The molecule has 2 aliphatic rings.